The zero-order valence-corrected chi connectivity index (χ0v) is 11.5. The molecule has 2 heterocycles. The van der Waals surface area contributed by atoms with E-state index in [0.717, 1.165) is 32.4 Å². The molecule has 0 bridgehead atoms. The van der Waals surface area contributed by atoms with Gasteiger partial charge in [-0.15, -0.1) is 0 Å². The van der Waals surface area contributed by atoms with Crippen LogP contribution in [-0.2, 0) is 10.2 Å². The van der Waals surface area contributed by atoms with Gasteiger partial charge in [0.2, 0.25) is 0 Å². The Balaban J connectivity index is 1.98. The molecule has 0 aliphatic carbocycles. The summed E-state index contributed by atoms with van der Waals surface area (Å²) in [6.45, 7) is 7.06. The number of nitrogens with zero attached hydrogens (tertiary/aromatic N) is 1. The van der Waals surface area contributed by atoms with E-state index in [1.165, 1.54) is 0 Å². The average Bonchev–Trinajstić information content (AvgIpc) is 2.64. The zero-order chi connectivity index (χ0) is 12.5. The topological polar surface area (TPSA) is 61.4 Å². The summed E-state index contributed by atoms with van der Waals surface area (Å²) in [6.07, 6.45) is 2.79. The minimum atomic E-state index is -3.31. The lowest BCUT2D eigenvalue weighted by atomic mass is 10.0. The van der Waals surface area contributed by atoms with Crippen molar-refractivity contribution in [3.63, 3.8) is 0 Å². The van der Waals surface area contributed by atoms with Gasteiger partial charge in [-0.25, -0.2) is 0 Å². The molecular weight excluding hydrogens is 238 g/mol. The van der Waals surface area contributed by atoms with Gasteiger partial charge in [0.25, 0.3) is 10.2 Å². The van der Waals surface area contributed by atoms with Crippen LogP contribution in [0.5, 0.6) is 0 Å². The third-order valence-corrected chi connectivity index (χ3v) is 5.62. The van der Waals surface area contributed by atoms with Crippen LogP contribution in [0.1, 0.15) is 33.1 Å². The van der Waals surface area contributed by atoms with E-state index < -0.39 is 10.2 Å². The third kappa shape index (κ3) is 3.19. The Bertz CT molecular complexity index is 355. The molecule has 2 aliphatic heterocycles. The van der Waals surface area contributed by atoms with Crippen LogP contribution in [0.3, 0.4) is 0 Å². The van der Waals surface area contributed by atoms with E-state index in [4.69, 9.17) is 0 Å². The molecule has 2 aliphatic rings. The van der Waals surface area contributed by atoms with Gasteiger partial charge in [-0.2, -0.15) is 17.4 Å². The number of hydrogen-bond donors (Lipinski definition) is 2. The molecule has 0 amide bonds. The van der Waals surface area contributed by atoms with Crippen molar-refractivity contribution in [2.24, 2.45) is 5.92 Å². The first-order valence-electron chi connectivity index (χ1n) is 6.41. The first-order valence-corrected chi connectivity index (χ1v) is 7.85. The Labute approximate surface area is 104 Å². The van der Waals surface area contributed by atoms with Crippen LogP contribution >= 0.6 is 0 Å². The molecule has 0 spiro atoms. The molecule has 0 aromatic rings. The molecule has 2 saturated heterocycles. The monoisotopic (exact) mass is 261 g/mol. The Morgan fingerprint density at radius 1 is 1.35 bits per heavy atom. The van der Waals surface area contributed by atoms with Crippen LogP contribution in [0.4, 0.5) is 0 Å². The average molecular weight is 261 g/mol. The smallest absolute Gasteiger partial charge is 0.279 e. The Morgan fingerprint density at radius 2 is 2.00 bits per heavy atom. The van der Waals surface area contributed by atoms with Crippen LogP contribution in [0.25, 0.3) is 0 Å². The Kier molecular flexibility index (Phi) is 3.77. The van der Waals surface area contributed by atoms with Gasteiger partial charge in [0.15, 0.2) is 0 Å². The summed E-state index contributed by atoms with van der Waals surface area (Å²) in [5.74, 6) is 0.644. The molecule has 0 saturated carbocycles. The van der Waals surface area contributed by atoms with Crippen molar-refractivity contribution in [3.8, 4) is 0 Å². The predicted octanol–water partition coefficient (Wildman–Crippen LogP) is 0.305. The van der Waals surface area contributed by atoms with Crippen molar-refractivity contribution in [1.29, 1.82) is 0 Å². The van der Waals surface area contributed by atoms with Gasteiger partial charge in [0.05, 0.1) is 0 Å². The van der Waals surface area contributed by atoms with Crippen LogP contribution in [0.2, 0.25) is 0 Å². The summed E-state index contributed by atoms with van der Waals surface area (Å²) in [5.41, 5.74) is -0.318. The van der Waals surface area contributed by atoms with Crippen LogP contribution in [-0.4, -0.2) is 44.4 Å². The quantitative estimate of drug-likeness (QED) is 0.768. The maximum Gasteiger partial charge on any atom is 0.279 e. The van der Waals surface area contributed by atoms with Crippen LogP contribution < -0.4 is 10.0 Å². The number of rotatable bonds is 3. The van der Waals surface area contributed by atoms with Crippen molar-refractivity contribution in [1.82, 2.24) is 14.3 Å². The molecule has 1 unspecified atom stereocenters. The normalized spacial score (nSPS) is 33.1. The molecule has 5 nitrogen and oxygen atoms in total. The highest BCUT2D eigenvalue weighted by Crippen LogP contribution is 2.21. The lowest BCUT2D eigenvalue weighted by molar-refractivity contribution is 0.279. The van der Waals surface area contributed by atoms with Gasteiger partial charge in [0, 0.05) is 25.2 Å². The Morgan fingerprint density at radius 3 is 2.53 bits per heavy atom. The van der Waals surface area contributed by atoms with E-state index in [2.05, 4.69) is 17.0 Å². The van der Waals surface area contributed by atoms with E-state index in [-0.39, 0.29) is 5.54 Å². The second kappa shape index (κ2) is 4.84. The first kappa shape index (κ1) is 13.3. The van der Waals surface area contributed by atoms with E-state index in [9.17, 15) is 8.42 Å². The van der Waals surface area contributed by atoms with E-state index in [1.807, 2.05) is 6.92 Å². The van der Waals surface area contributed by atoms with Crippen molar-refractivity contribution in [2.45, 2.75) is 38.6 Å². The highest BCUT2D eigenvalue weighted by molar-refractivity contribution is 7.87. The fourth-order valence-electron chi connectivity index (χ4n) is 2.51. The molecule has 0 aromatic carbocycles. The molecule has 2 N–H and O–H groups in total. The summed E-state index contributed by atoms with van der Waals surface area (Å²) in [7, 11) is -3.31. The summed E-state index contributed by atoms with van der Waals surface area (Å²) in [6, 6.07) is 0. The summed E-state index contributed by atoms with van der Waals surface area (Å²) < 4.78 is 28.9. The number of nitrogens with one attached hydrogen (secondary N) is 2. The third-order valence-electron chi connectivity index (χ3n) is 3.83. The molecule has 0 radical (unpaired) electrons. The van der Waals surface area contributed by atoms with Crippen molar-refractivity contribution in [2.75, 3.05) is 26.2 Å². The standard InChI is InChI=1S/C11H23N3O2S/c1-10-3-7-14(8-4-10)17(15,16)13-11(2)5-6-12-9-11/h10,12-13H,3-9H2,1-2H3. The lowest BCUT2D eigenvalue weighted by Crippen LogP contribution is -2.54. The van der Waals surface area contributed by atoms with Gasteiger partial charge in [-0.05, 0) is 38.6 Å². The van der Waals surface area contributed by atoms with E-state index >= 15 is 0 Å². The second-order valence-electron chi connectivity index (χ2n) is 5.68. The summed E-state index contributed by atoms with van der Waals surface area (Å²) in [5, 5.41) is 3.20. The minimum Gasteiger partial charge on any atom is -0.315 e. The zero-order valence-electron chi connectivity index (χ0n) is 10.7. The predicted molar refractivity (Wildman–Crippen MR) is 67.9 cm³/mol. The van der Waals surface area contributed by atoms with Gasteiger partial charge >= 0.3 is 0 Å². The Hall–Kier alpha value is -0.170. The van der Waals surface area contributed by atoms with Gasteiger partial charge in [0.1, 0.15) is 0 Å². The van der Waals surface area contributed by atoms with Crippen molar-refractivity contribution < 1.29 is 8.42 Å². The fraction of sp³-hybridized carbons (Fsp3) is 1.00. The maximum absolute atomic E-state index is 12.2. The molecule has 0 aromatic heterocycles. The van der Waals surface area contributed by atoms with Crippen molar-refractivity contribution >= 4 is 10.2 Å². The fourth-order valence-corrected chi connectivity index (χ4v) is 4.12. The minimum absolute atomic E-state index is 0.318. The van der Waals surface area contributed by atoms with Gasteiger partial charge in [-0.3, -0.25) is 0 Å². The molecule has 2 rings (SSSR count). The van der Waals surface area contributed by atoms with Crippen LogP contribution in [0.15, 0.2) is 0 Å². The highest BCUT2D eigenvalue weighted by atomic mass is 32.2. The summed E-state index contributed by atoms with van der Waals surface area (Å²) in [4.78, 5) is 0. The van der Waals surface area contributed by atoms with Gasteiger partial charge < -0.3 is 5.32 Å². The van der Waals surface area contributed by atoms with E-state index in [0.29, 0.717) is 19.0 Å². The summed E-state index contributed by atoms with van der Waals surface area (Å²) >= 11 is 0. The molecular formula is C11H23N3O2S. The number of hydrogen-bond acceptors (Lipinski definition) is 3. The molecule has 1 atom stereocenters. The maximum atomic E-state index is 12.2. The van der Waals surface area contributed by atoms with Crippen molar-refractivity contribution in [3.05, 3.63) is 0 Å². The molecule has 2 fully saturated rings. The highest BCUT2D eigenvalue weighted by Gasteiger charge is 2.36. The van der Waals surface area contributed by atoms with E-state index in [1.54, 1.807) is 4.31 Å². The van der Waals surface area contributed by atoms with Gasteiger partial charge in [-0.1, -0.05) is 6.92 Å². The second-order valence-corrected chi connectivity index (χ2v) is 7.35. The molecule has 17 heavy (non-hydrogen) atoms. The molecule has 6 heteroatoms. The SMILES string of the molecule is CC1CCN(S(=O)(=O)NC2(C)CCNC2)CC1. The number of piperidine rings is 1. The lowest BCUT2D eigenvalue weighted by Gasteiger charge is -2.33. The molecule has 100 valence electrons. The largest absolute Gasteiger partial charge is 0.315 e. The first-order chi connectivity index (χ1) is 7.91. The van der Waals surface area contributed by atoms with Crippen LogP contribution in [0, 0.1) is 5.92 Å².